The second kappa shape index (κ2) is 22.6. The molecule has 6 heterocycles. The number of hydrogen-bond acceptors (Lipinski definition) is 12. The summed E-state index contributed by atoms with van der Waals surface area (Å²) in [4.78, 5) is 57.7. The van der Waals surface area contributed by atoms with Crippen molar-refractivity contribution in [1.29, 1.82) is 5.26 Å². The van der Waals surface area contributed by atoms with Crippen LogP contribution < -0.4 is 16.7 Å². The highest BCUT2D eigenvalue weighted by atomic mass is 19.4. The first-order chi connectivity index (χ1) is 36.7. The number of imidazole rings is 3. The molecule has 6 aromatic heterocycles. The number of aliphatic hydroxyl groups is 2. The summed E-state index contributed by atoms with van der Waals surface area (Å²) in [5, 5.41) is 40.2. The van der Waals surface area contributed by atoms with Gasteiger partial charge < -0.3 is 25.2 Å². The van der Waals surface area contributed by atoms with Crippen LogP contribution in [0.5, 0.6) is 0 Å². The number of H-pyrrole nitrogens is 3. The highest BCUT2D eigenvalue weighted by molar-refractivity contribution is 5.54. The van der Waals surface area contributed by atoms with Crippen LogP contribution in [0.3, 0.4) is 0 Å². The maximum absolute atomic E-state index is 12.7. The van der Waals surface area contributed by atoms with E-state index in [9.17, 15) is 64.1 Å². The van der Waals surface area contributed by atoms with Gasteiger partial charge in [0.1, 0.15) is 34.9 Å². The van der Waals surface area contributed by atoms with Crippen molar-refractivity contribution in [3.63, 3.8) is 0 Å². The number of nitrogens with zero attached hydrogens (tertiary/aromatic N) is 10. The summed E-state index contributed by atoms with van der Waals surface area (Å²) in [6, 6.07) is 16.3. The van der Waals surface area contributed by atoms with Gasteiger partial charge in [0.05, 0.1) is 46.3 Å². The van der Waals surface area contributed by atoms with E-state index in [1.165, 1.54) is 49.9 Å². The third-order valence-electron chi connectivity index (χ3n) is 12.5. The van der Waals surface area contributed by atoms with Crippen molar-refractivity contribution in [1.82, 2.24) is 58.7 Å². The van der Waals surface area contributed by atoms with Crippen LogP contribution in [0.4, 0.5) is 39.5 Å². The van der Waals surface area contributed by atoms with E-state index in [0.717, 1.165) is 36.4 Å². The van der Waals surface area contributed by atoms with Crippen molar-refractivity contribution in [3.8, 4) is 6.07 Å². The highest BCUT2D eigenvalue weighted by Gasteiger charge is 2.33. The van der Waals surface area contributed by atoms with Gasteiger partial charge in [0.15, 0.2) is 16.6 Å². The molecule has 0 aliphatic carbocycles. The van der Waals surface area contributed by atoms with Gasteiger partial charge in [0, 0.05) is 43.8 Å². The van der Waals surface area contributed by atoms with Gasteiger partial charge in [0.25, 0.3) is 16.7 Å². The number of rotatable bonds is 11. The smallest absolute Gasteiger partial charge is 0.396 e. The lowest BCUT2D eigenvalue weighted by molar-refractivity contribution is -0.138. The molecule has 0 saturated heterocycles. The van der Waals surface area contributed by atoms with E-state index >= 15 is 0 Å². The van der Waals surface area contributed by atoms with Gasteiger partial charge in [-0.15, -0.1) is 0 Å². The Morgan fingerprint density at radius 1 is 0.487 bits per heavy atom. The van der Waals surface area contributed by atoms with E-state index in [1.807, 2.05) is 6.07 Å². The molecule has 9 aromatic rings. The first-order valence-electron chi connectivity index (χ1n) is 23.7. The number of halogens is 9. The fourth-order valence-corrected chi connectivity index (χ4v) is 8.54. The monoisotopic (exact) mass is 1090 g/mol. The molecule has 5 N–H and O–H groups in total. The van der Waals surface area contributed by atoms with Crippen molar-refractivity contribution in [2.75, 3.05) is 13.2 Å². The molecule has 0 spiro atoms. The number of aromatic amines is 3. The molecule has 0 radical (unpaired) electrons. The van der Waals surface area contributed by atoms with Crippen molar-refractivity contribution in [2.24, 2.45) is 0 Å². The second-order valence-electron chi connectivity index (χ2n) is 18.0. The maximum atomic E-state index is 12.7. The number of aryl methyl sites for hydroxylation is 3. The summed E-state index contributed by atoms with van der Waals surface area (Å²) in [6.07, 6.45) is -12.9. The molecule has 0 fully saturated rings. The van der Waals surface area contributed by atoms with Crippen LogP contribution >= 0.6 is 0 Å². The van der Waals surface area contributed by atoms with Gasteiger partial charge in [-0.2, -0.15) is 60.1 Å². The molecule has 410 valence electrons. The third-order valence-corrected chi connectivity index (χ3v) is 12.5. The fourth-order valence-electron chi connectivity index (χ4n) is 8.54. The van der Waals surface area contributed by atoms with Crippen molar-refractivity contribution in [2.45, 2.75) is 97.1 Å². The van der Waals surface area contributed by atoms with Gasteiger partial charge in [-0.3, -0.25) is 14.4 Å². The number of benzene rings is 3. The minimum absolute atomic E-state index is 0.0724. The minimum Gasteiger partial charge on any atom is -0.396 e. The Hall–Kier alpha value is -8.51. The van der Waals surface area contributed by atoms with E-state index < -0.39 is 58.5 Å². The van der Waals surface area contributed by atoms with E-state index in [-0.39, 0.29) is 65.8 Å². The Kier molecular flexibility index (Phi) is 16.6. The van der Waals surface area contributed by atoms with Gasteiger partial charge in [-0.1, -0.05) is 57.2 Å². The molecule has 3 atom stereocenters. The molecule has 78 heavy (non-hydrogen) atoms. The number of alkyl halides is 9. The number of aliphatic hydroxyl groups excluding tert-OH is 2. The largest absolute Gasteiger partial charge is 0.416 e. The zero-order valence-corrected chi connectivity index (χ0v) is 42.2. The summed E-state index contributed by atoms with van der Waals surface area (Å²) < 4.78 is 119. The average Bonchev–Trinajstić information content (AvgIpc) is 4.05. The van der Waals surface area contributed by atoms with E-state index in [4.69, 9.17) is 5.26 Å². The molecule has 0 amide bonds. The van der Waals surface area contributed by atoms with Crippen LogP contribution in [0.1, 0.15) is 124 Å². The average molecular weight is 1090 g/mol. The first kappa shape index (κ1) is 57.2. The lowest BCUT2D eigenvalue weighted by Crippen LogP contribution is -2.17. The third kappa shape index (κ3) is 12.2. The Balaban J connectivity index is 0.000000170. The van der Waals surface area contributed by atoms with Crippen LogP contribution in [0.25, 0.3) is 16.6 Å². The van der Waals surface area contributed by atoms with Gasteiger partial charge in [-0.25, -0.2) is 28.5 Å². The second-order valence-corrected chi connectivity index (χ2v) is 18.0. The topological polar surface area (TPSA) is 253 Å². The lowest BCUT2D eigenvalue weighted by atomic mass is 9.99. The summed E-state index contributed by atoms with van der Waals surface area (Å²) in [7, 11) is 0. The zero-order chi connectivity index (χ0) is 57.2. The fraction of sp³-hybridized carbons (Fsp3) is 0.333. The minimum atomic E-state index is -4.41. The molecule has 1 unspecified atom stereocenters. The molecule has 0 aliphatic rings. The van der Waals surface area contributed by atoms with E-state index in [1.54, 1.807) is 41.5 Å². The Morgan fingerprint density at radius 3 is 0.987 bits per heavy atom. The number of aromatic nitrogens is 12. The zero-order valence-electron chi connectivity index (χ0n) is 42.2. The standard InChI is InChI=1S/C17H14F3N5O.2C17H17F3N4O2/c1-9(11-3-5-12(6-4-11)17(18,19)20)15-23-13(7-8-21)14-16(26)22-10(2)24-25(14)15;2*1-9(11-3-5-12(6-4-11)17(18,19)20)15-22-13(7-8-25)14-16(26)21-10(2)23-24(14)15/h3-6,9H,7H2,1-2H3,(H,22,24,26);2*3-6,9,25H,7-8H2,1-2H3,(H,21,23,26)/t;2*9-/m.10/s1. The summed E-state index contributed by atoms with van der Waals surface area (Å²) in [5.41, 5.74) is 0.175. The van der Waals surface area contributed by atoms with Crippen LogP contribution in [-0.4, -0.2) is 82.2 Å². The predicted octanol–water partition coefficient (Wildman–Crippen LogP) is 7.83. The summed E-state index contributed by atoms with van der Waals surface area (Å²) >= 11 is 0. The van der Waals surface area contributed by atoms with Gasteiger partial charge in [-0.05, 0) is 73.9 Å². The van der Waals surface area contributed by atoms with Crippen molar-refractivity contribution >= 4 is 16.6 Å². The highest BCUT2D eigenvalue weighted by Crippen LogP contribution is 2.35. The summed E-state index contributed by atoms with van der Waals surface area (Å²) in [5.74, 6) is 1.16. The molecule has 0 bridgehead atoms. The van der Waals surface area contributed by atoms with E-state index in [0.29, 0.717) is 63.0 Å². The molecule has 0 aliphatic heterocycles. The SMILES string of the molecule is Cc1nn2c(C(C)c3ccc(C(F)(F)F)cc3)nc(CC#N)c2c(=O)[nH]1.Cc1nn2c([C@@H](C)c3ccc(C(F)(F)F)cc3)nc(CCO)c2c(=O)[nH]1.Cc1nn2c([C@H](C)c3ccc(C(F)(F)F)cc3)nc(CCO)c2c(=O)[nH]1. The maximum Gasteiger partial charge on any atom is 0.416 e. The Labute approximate surface area is 434 Å². The van der Waals surface area contributed by atoms with Crippen LogP contribution in [0.2, 0.25) is 0 Å². The normalized spacial score (nSPS) is 13.2. The van der Waals surface area contributed by atoms with Crippen LogP contribution in [-0.2, 0) is 37.8 Å². The first-order valence-corrected chi connectivity index (χ1v) is 23.7. The van der Waals surface area contributed by atoms with Crippen LogP contribution in [0, 0.1) is 32.1 Å². The Morgan fingerprint density at radius 2 is 0.744 bits per heavy atom. The quantitative estimate of drug-likeness (QED) is 0.0778. The number of nitriles is 1. The number of fused-ring (bicyclic) bond motifs is 3. The molecular weight excluding hydrogens is 1050 g/mol. The van der Waals surface area contributed by atoms with Crippen molar-refractivity contribution in [3.05, 3.63) is 189 Å². The molecule has 9 rings (SSSR count). The number of hydrogen-bond donors (Lipinski definition) is 5. The van der Waals surface area contributed by atoms with Gasteiger partial charge in [0.2, 0.25) is 0 Å². The molecule has 3 aromatic carbocycles. The number of nitrogens with one attached hydrogen (secondary N) is 3. The van der Waals surface area contributed by atoms with Gasteiger partial charge >= 0.3 is 18.5 Å². The van der Waals surface area contributed by atoms with E-state index in [2.05, 4.69) is 45.2 Å². The van der Waals surface area contributed by atoms with Crippen molar-refractivity contribution < 1.29 is 49.7 Å². The predicted molar refractivity (Wildman–Crippen MR) is 263 cm³/mol. The molecular formula is C51H48F9N13O5. The molecule has 27 heteroatoms. The summed E-state index contributed by atoms with van der Waals surface area (Å²) in [6.45, 7) is 9.79. The van der Waals surface area contributed by atoms with Crippen LogP contribution in [0.15, 0.2) is 87.2 Å². The Bertz CT molecular complexity index is 3670. The molecule has 0 saturated carbocycles. The molecule has 18 nitrogen and oxygen atoms in total. The lowest BCUT2D eigenvalue weighted by Gasteiger charge is -2.12.